The molecule has 4 nitrogen and oxygen atoms in total. The van der Waals surface area contributed by atoms with Crippen LogP contribution < -0.4 is 4.74 Å². The second kappa shape index (κ2) is 8.77. The highest BCUT2D eigenvalue weighted by Gasteiger charge is 2.27. The van der Waals surface area contributed by atoms with Gasteiger partial charge >= 0.3 is 0 Å². The van der Waals surface area contributed by atoms with Crippen molar-refractivity contribution in [2.24, 2.45) is 0 Å². The first kappa shape index (κ1) is 17.6. The van der Waals surface area contributed by atoms with Crippen molar-refractivity contribution in [2.75, 3.05) is 39.0 Å². The molecule has 24 heavy (non-hydrogen) atoms. The van der Waals surface area contributed by atoms with Crippen LogP contribution in [0.4, 0.5) is 0 Å². The molecule has 2 heterocycles. The fourth-order valence-electron chi connectivity index (χ4n) is 3.72. The summed E-state index contributed by atoms with van der Waals surface area (Å²) in [6, 6.07) is 8.48. The number of likely N-dealkylation sites (tertiary alicyclic amines) is 2. The van der Waals surface area contributed by atoms with Gasteiger partial charge in [0.2, 0.25) is 5.91 Å². The fraction of sp³-hybridized carbons (Fsp3) is 0.632. The van der Waals surface area contributed by atoms with Crippen molar-refractivity contribution in [2.45, 2.75) is 43.0 Å². The summed E-state index contributed by atoms with van der Waals surface area (Å²) in [5.41, 5.74) is 0. The molecule has 1 aromatic rings. The van der Waals surface area contributed by atoms with Gasteiger partial charge in [-0.05, 0) is 50.9 Å². The number of benzene rings is 1. The van der Waals surface area contributed by atoms with Gasteiger partial charge in [0.15, 0.2) is 0 Å². The van der Waals surface area contributed by atoms with Gasteiger partial charge in [0.05, 0.1) is 12.9 Å². The molecular weight excluding hydrogens is 320 g/mol. The van der Waals surface area contributed by atoms with Crippen molar-refractivity contribution in [3.8, 4) is 5.75 Å². The van der Waals surface area contributed by atoms with Crippen LogP contribution in [0.1, 0.15) is 32.1 Å². The highest BCUT2D eigenvalue weighted by Crippen LogP contribution is 2.29. The second-order valence-electron chi connectivity index (χ2n) is 6.67. The summed E-state index contributed by atoms with van der Waals surface area (Å²) in [7, 11) is 1.68. The summed E-state index contributed by atoms with van der Waals surface area (Å²) >= 11 is 1.58. The maximum atomic E-state index is 12.7. The highest BCUT2D eigenvalue weighted by atomic mass is 32.2. The van der Waals surface area contributed by atoms with Crippen molar-refractivity contribution in [3.05, 3.63) is 24.3 Å². The summed E-state index contributed by atoms with van der Waals surface area (Å²) in [5.74, 6) is 1.60. The molecule has 3 rings (SSSR count). The van der Waals surface area contributed by atoms with E-state index in [0.717, 1.165) is 30.2 Å². The predicted octanol–water partition coefficient (Wildman–Crippen LogP) is 3.26. The lowest BCUT2D eigenvalue weighted by atomic mass is 10.1. The third-order valence-corrected chi connectivity index (χ3v) is 6.12. The summed E-state index contributed by atoms with van der Waals surface area (Å²) < 4.78 is 5.38. The molecule has 1 aromatic carbocycles. The van der Waals surface area contributed by atoms with Crippen LogP contribution in [0.25, 0.3) is 0 Å². The molecule has 0 aliphatic carbocycles. The number of methoxy groups -OCH3 is 1. The van der Waals surface area contributed by atoms with E-state index in [9.17, 15) is 4.79 Å². The van der Waals surface area contributed by atoms with Gasteiger partial charge in [0.25, 0.3) is 0 Å². The van der Waals surface area contributed by atoms with E-state index in [4.69, 9.17) is 4.74 Å². The second-order valence-corrected chi connectivity index (χ2v) is 7.69. The Morgan fingerprint density at radius 3 is 2.71 bits per heavy atom. The molecule has 0 N–H and O–H groups in total. The zero-order valence-electron chi connectivity index (χ0n) is 14.6. The Labute approximate surface area is 149 Å². The van der Waals surface area contributed by atoms with Crippen LogP contribution >= 0.6 is 11.8 Å². The first-order valence-electron chi connectivity index (χ1n) is 9.05. The van der Waals surface area contributed by atoms with Crippen molar-refractivity contribution in [1.82, 2.24) is 9.80 Å². The molecule has 2 saturated heterocycles. The highest BCUT2D eigenvalue weighted by molar-refractivity contribution is 8.00. The normalized spacial score (nSPS) is 22.4. The quantitative estimate of drug-likeness (QED) is 0.765. The molecule has 1 amide bonds. The van der Waals surface area contributed by atoms with Gasteiger partial charge in [0.1, 0.15) is 5.75 Å². The third kappa shape index (κ3) is 4.45. The Balaban J connectivity index is 1.56. The smallest absolute Gasteiger partial charge is 0.232 e. The topological polar surface area (TPSA) is 32.8 Å². The van der Waals surface area contributed by atoms with Crippen molar-refractivity contribution in [1.29, 1.82) is 0 Å². The molecule has 0 spiro atoms. The van der Waals surface area contributed by atoms with Gasteiger partial charge in [-0.3, -0.25) is 9.69 Å². The maximum absolute atomic E-state index is 12.7. The first-order valence-corrected chi connectivity index (χ1v) is 10.0. The van der Waals surface area contributed by atoms with E-state index in [1.165, 1.54) is 38.8 Å². The third-order valence-electron chi connectivity index (χ3n) is 5.08. The van der Waals surface area contributed by atoms with E-state index < -0.39 is 0 Å². The molecule has 0 radical (unpaired) electrons. The number of carbonyl (C=O) groups is 1. The largest absolute Gasteiger partial charge is 0.496 e. The molecular formula is C19H28N2O2S. The maximum Gasteiger partial charge on any atom is 0.232 e. The average Bonchev–Trinajstić information content (AvgIpc) is 3.04. The van der Waals surface area contributed by atoms with Gasteiger partial charge in [-0.2, -0.15) is 0 Å². The zero-order valence-corrected chi connectivity index (χ0v) is 15.4. The summed E-state index contributed by atoms with van der Waals surface area (Å²) in [5, 5.41) is 0. The molecule has 0 bridgehead atoms. The molecule has 0 aromatic heterocycles. The van der Waals surface area contributed by atoms with Crippen LogP contribution in [0.3, 0.4) is 0 Å². The zero-order chi connectivity index (χ0) is 16.8. The molecule has 1 atom stereocenters. The van der Waals surface area contributed by atoms with E-state index in [2.05, 4.69) is 9.80 Å². The van der Waals surface area contributed by atoms with E-state index in [-0.39, 0.29) is 5.91 Å². The first-order chi connectivity index (χ1) is 11.8. The van der Waals surface area contributed by atoms with Gasteiger partial charge in [0, 0.05) is 24.0 Å². The number of rotatable bonds is 5. The van der Waals surface area contributed by atoms with Crippen molar-refractivity contribution in [3.63, 3.8) is 0 Å². The van der Waals surface area contributed by atoms with Crippen LogP contribution in [0.15, 0.2) is 29.2 Å². The van der Waals surface area contributed by atoms with Gasteiger partial charge < -0.3 is 9.64 Å². The van der Waals surface area contributed by atoms with E-state index in [1.807, 2.05) is 24.3 Å². The minimum atomic E-state index is 0.261. The van der Waals surface area contributed by atoms with Crippen LogP contribution in [0, 0.1) is 0 Å². The average molecular weight is 349 g/mol. The number of para-hydroxylation sites is 1. The van der Waals surface area contributed by atoms with Gasteiger partial charge in [-0.25, -0.2) is 0 Å². The molecule has 0 saturated carbocycles. The molecule has 0 unspecified atom stereocenters. The summed E-state index contributed by atoms with van der Waals surface area (Å²) in [6.07, 6.45) is 6.24. The number of amides is 1. The van der Waals surface area contributed by atoms with Crippen molar-refractivity contribution >= 4 is 17.7 Å². The summed E-state index contributed by atoms with van der Waals surface area (Å²) in [4.78, 5) is 18.5. The Hall–Kier alpha value is -1.20. The van der Waals surface area contributed by atoms with Crippen LogP contribution in [0.2, 0.25) is 0 Å². The number of hydrogen-bond donors (Lipinski definition) is 0. The predicted molar refractivity (Wildman–Crippen MR) is 98.7 cm³/mol. The van der Waals surface area contributed by atoms with E-state index in [0.29, 0.717) is 11.8 Å². The van der Waals surface area contributed by atoms with Crippen LogP contribution in [0.5, 0.6) is 5.75 Å². The van der Waals surface area contributed by atoms with Gasteiger partial charge in [-0.1, -0.05) is 18.6 Å². The Kier molecular flexibility index (Phi) is 6.44. The molecule has 132 valence electrons. The number of nitrogens with zero attached hydrogens (tertiary/aromatic N) is 2. The number of carbonyl (C=O) groups excluding carboxylic acids is 1. The Bertz CT molecular complexity index is 546. The Morgan fingerprint density at radius 1 is 1.17 bits per heavy atom. The molecule has 2 fully saturated rings. The fourth-order valence-corrected chi connectivity index (χ4v) is 4.65. The van der Waals surface area contributed by atoms with Gasteiger partial charge in [-0.15, -0.1) is 11.8 Å². The van der Waals surface area contributed by atoms with Crippen LogP contribution in [-0.2, 0) is 4.79 Å². The lowest BCUT2D eigenvalue weighted by Gasteiger charge is -2.30. The summed E-state index contributed by atoms with van der Waals surface area (Å²) in [6.45, 7) is 4.24. The van der Waals surface area contributed by atoms with E-state index in [1.54, 1.807) is 18.9 Å². The Morgan fingerprint density at radius 2 is 1.92 bits per heavy atom. The SMILES string of the molecule is COc1ccccc1SCC(=O)N1CCCC[C@@H](N2CCCC2)C1. The molecule has 2 aliphatic heterocycles. The minimum absolute atomic E-state index is 0.261. The molecule has 2 aliphatic rings. The number of hydrogen-bond acceptors (Lipinski definition) is 4. The lowest BCUT2D eigenvalue weighted by Crippen LogP contribution is -2.44. The number of thioether (sulfide) groups is 1. The lowest BCUT2D eigenvalue weighted by molar-refractivity contribution is -0.128. The standard InChI is InChI=1S/C19H28N2O2S/c1-23-17-9-2-3-10-18(17)24-15-19(22)21-13-5-4-8-16(14-21)20-11-6-7-12-20/h2-3,9-10,16H,4-8,11-15H2,1H3/t16-/m1/s1. The van der Waals surface area contributed by atoms with E-state index >= 15 is 0 Å². The minimum Gasteiger partial charge on any atom is -0.496 e. The number of ether oxygens (including phenoxy) is 1. The monoisotopic (exact) mass is 348 g/mol. The van der Waals surface area contributed by atoms with Crippen molar-refractivity contribution < 1.29 is 9.53 Å². The molecule has 5 heteroatoms. The van der Waals surface area contributed by atoms with Crippen LogP contribution in [-0.4, -0.2) is 60.8 Å².